The van der Waals surface area contributed by atoms with E-state index in [1.54, 1.807) is 13.2 Å². The molecule has 4 nitrogen and oxygen atoms in total. The minimum absolute atomic E-state index is 0.292. The van der Waals surface area contributed by atoms with E-state index in [1.165, 1.54) is 12.1 Å². The summed E-state index contributed by atoms with van der Waals surface area (Å²) in [5.41, 5.74) is 2.54. The Hall–Kier alpha value is -1.37. The Morgan fingerprint density at radius 3 is 2.81 bits per heavy atom. The number of hydrogen-bond donors (Lipinski definition) is 1. The van der Waals surface area contributed by atoms with E-state index in [2.05, 4.69) is 31.2 Å². The molecule has 2 aromatic rings. The van der Waals surface area contributed by atoms with Gasteiger partial charge in [-0.1, -0.05) is 0 Å². The molecule has 1 heterocycles. The maximum atomic E-state index is 13.2. The second-order valence-electron chi connectivity index (χ2n) is 4.62. The summed E-state index contributed by atoms with van der Waals surface area (Å²) < 4.78 is 18.8. The number of benzene rings is 1. The largest absolute Gasteiger partial charge is 0.383 e. The van der Waals surface area contributed by atoms with Crippen LogP contribution < -0.4 is 5.32 Å². The van der Waals surface area contributed by atoms with Crippen molar-refractivity contribution in [3.8, 4) is 11.4 Å². The van der Waals surface area contributed by atoms with Crippen molar-refractivity contribution >= 4 is 15.9 Å². The van der Waals surface area contributed by atoms with Crippen LogP contribution in [0.1, 0.15) is 11.4 Å². The van der Waals surface area contributed by atoms with Crippen molar-refractivity contribution in [1.82, 2.24) is 15.3 Å². The smallest absolute Gasteiger partial charge is 0.160 e. The number of ether oxygens (including phenoxy) is 1. The van der Waals surface area contributed by atoms with Crippen LogP contribution in [0.15, 0.2) is 28.7 Å². The highest BCUT2D eigenvalue weighted by Crippen LogP contribution is 2.26. The van der Waals surface area contributed by atoms with Gasteiger partial charge in [0.1, 0.15) is 5.82 Å². The molecule has 0 amide bonds. The molecule has 0 fully saturated rings. The van der Waals surface area contributed by atoms with Crippen LogP contribution in [0.2, 0.25) is 0 Å². The third-order valence-corrected chi connectivity index (χ3v) is 3.52. The van der Waals surface area contributed by atoms with Crippen LogP contribution in [0.4, 0.5) is 4.39 Å². The first-order chi connectivity index (χ1) is 10.1. The molecule has 112 valence electrons. The van der Waals surface area contributed by atoms with Gasteiger partial charge in [-0.2, -0.15) is 0 Å². The molecule has 0 atom stereocenters. The Bertz CT molecular complexity index is 622. The molecular formula is C15H17BrFN3O. The topological polar surface area (TPSA) is 47.0 Å². The SMILES string of the molecule is COCCNCc1cc(C)nc(-c2ccc(F)cc2Br)n1. The normalized spacial score (nSPS) is 10.9. The van der Waals surface area contributed by atoms with Crippen molar-refractivity contribution in [3.63, 3.8) is 0 Å². The average molecular weight is 354 g/mol. The molecular weight excluding hydrogens is 337 g/mol. The number of nitrogens with zero attached hydrogens (tertiary/aromatic N) is 2. The van der Waals surface area contributed by atoms with Gasteiger partial charge in [0.2, 0.25) is 0 Å². The Balaban J connectivity index is 2.22. The number of halogens is 2. The van der Waals surface area contributed by atoms with E-state index in [0.29, 0.717) is 23.4 Å². The van der Waals surface area contributed by atoms with Gasteiger partial charge in [-0.05, 0) is 47.1 Å². The van der Waals surface area contributed by atoms with E-state index in [-0.39, 0.29) is 5.82 Å². The van der Waals surface area contributed by atoms with E-state index < -0.39 is 0 Å². The predicted molar refractivity (Wildman–Crippen MR) is 83.4 cm³/mol. The van der Waals surface area contributed by atoms with E-state index in [9.17, 15) is 4.39 Å². The predicted octanol–water partition coefficient (Wildman–Crippen LogP) is 3.09. The van der Waals surface area contributed by atoms with Gasteiger partial charge < -0.3 is 10.1 Å². The molecule has 0 unspecified atom stereocenters. The van der Waals surface area contributed by atoms with Gasteiger partial charge in [0, 0.05) is 35.9 Å². The maximum Gasteiger partial charge on any atom is 0.160 e. The minimum atomic E-state index is -0.292. The molecule has 6 heteroatoms. The van der Waals surface area contributed by atoms with Gasteiger partial charge >= 0.3 is 0 Å². The zero-order chi connectivity index (χ0) is 15.2. The molecule has 0 aliphatic rings. The molecule has 1 aromatic heterocycles. The summed E-state index contributed by atoms with van der Waals surface area (Å²) in [6, 6.07) is 6.43. The van der Waals surface area contributed by atoms with Crippen molar-refractivity contribution in [3.05, 3.63) is 45.9 Å². The first-order valence-electron chi connectivity index (χ1n) is 6.60. The van der Waals surface area contributed by atoms with Crippen LogP contribution >= 0.6 is 15.9 Å². The number of aryl methyl sites for hydroxylation is 1. The van der Waals surface area contributed by atoms with E-state index in [4.69, 9.17) is 4.74 Å². The summed E-state index contributed by atoms with van der Waals surface area (Å²) in [7, 11) is 1.67. The molecule has 0 saturated carbocycles. The summed E-state index contributed by atoms with van der Waals surface area (Å²) in [5.74, 6) is 0.296. The molecule has 0 saturated heterocycles. The van der Waals surface area contributed by atoms with Crippen LogP contribution in [0, 0.1) is 12.7 Å². The van der Waals surface area contributed by atoms with Crippen LogP contribution in [0.5, 0.6) is 0 Å². The van der Waals surface area contributed by atoms with Crippen LogP contribution in [-0.4, -0.2) is 30.2 Å². The lowest BCUT2D eigenvalue weighted by molar-refractivity contribution is 0.199. The Morgan fingerprint density at radius 2 is 2.10 bits per heavy atom. The van der Waals surface area contributed by atoms with E-state index in [1.807, 2.05) is 13.0 Å². The van der Waals surface area contributed by atoms with Crippen LogP contribution in [0.3, 0.4) is 0 Å². The fraction of sp³-hybridized carbons (Fsp3) is 0.333. The lowest BCUT2D eigenvalue weighted by atomic mass is 10.2. The van der Waals surface area contributed by atoms with Crippen molar-refractivity contribution in [2.75, 3.05) is 20.3 Å². The van der Waals surface area contributed by atoms with Crippen molar-refractivity contribution in [2.24, 2.45) is 0 Å². The second kappa shape index (κ2) is 7.59. The van der Waals surface area contributed by atoms with Crippen molar-refractivity contribution in [2.45, 2.75) is 13.5 Å². The van der Waals surface area contributed by atoms with Gasteiger partial charge in [-0.3, -0.25) is 0 Å². The lowest BCUT2D eigenvalue weighted by Crippen LogP contribution is -2.19. The zero-order valence-electron chi connectivity index (χ0n) is 12.0. The third kappa shape index (κ3) is 4.56. The minimum Gasteiger partial charge on any atom is -0.383 e. The number of aromatic nitrogens is 2. The fourth-order valence-corrected chi connectivity index (χ4v) is 2.43. The van der Waals surface area contributed by atoms with Gasteiger partial charge in [-0.25, -0.2) is 14.4 Å². The first kappa shape index (κ1) is 16.0. The van der Waals surface area contributed by atoms with Crippen LogP contribution in [0.25, 0.3) is 11.4 Å². The lowest BCUT2D eigenvalue weighted by Gasteiger charge is -2.08. The Kier molecular flexibility index (Phi) is 5.78. The standard InChI is InChI=1S/C15H17BrFN3O/c1-10-7-12(9-18-5-6-21-2)20-15(19-10)13-4-3-11(17)8-14(13)16/h3-4,7-8,18H,5-6,9H2,1-2H3. The summed E-state index contributed by atoms with van der Waals surface area (Å²) in [4.78, 5) is 8.95. The highest BCUT2D eigenvalue weighted by atomic mass is 79.9. The first-order valence-corrected chi connectivity index (χ1v) is 7.39. The quantitative estimate of drug-likeness (QED) is 0.810. The molecule has 1 aromatic carbocycles. The molecule has 21 heavy (non-hydrogen) atoms. The molecule has 0 aliphatic carbocycles. The second-order valence-corrected chi connectivity index (χ2v) is 5.47. The fourth-order valence-electron chi connectivity index (χ4n) is 1.91. The van der Waals surface area contributed by atoms with E-state index in [0.717, 1.165) is 23.5 Å². The zero-order valence-corrected chi connectivity index (χ0v) is 13.6. The van der Waals surface area contributed by atoms with E-state index >= 15 is 0 Å². The molecule has 0 spiro atoms. The number of nitrogens with one attached hydrogen (secondary N) is 1. The molecule has 2 rings (SSSR count). The van der Waals surface area contributed by atoms with Crippen molar-refractivity contribution < 1.29 is 9.13 Å². The summed E-state index contributed by atoms with van der Waals surface area (Å²) >= 11 is 3.35. The highest BCUT2D eigenvalue weighted by molar-refractivity contribution is 9.10. The summed E-state index contributed by atoms with van der Waals surface area (Å²) in [5, 5.41) is 3.25. The summed E-state index contributed by atoms with van der Waals surface area (Å²) in [6.07, 6.45) is 0. The molecule has 0 radical (unpaired) electrons. The maximum absolute atomic E-state index is 13.2. The molecule has 1 N–H and O–H groups in total. The number of rotatable bonds is 6. The monoisotopic (exact) mass is 353 g/mol. The van der Waals surface area contributed by atoms with Gasteiger partial charge in [-0.15, -0.1) is 0 Å². The number of methoxy groups -OCH3 is 1. The number of hydrogen-bond acceptors (Lipinski definition) is 4. The molecule has 0 aliphatic heterocycles. The van der Waals surface area contributed by atoms with Gasteiger partial charge in [0.25, 0.3) is 0 Å². The third-order valence-electron chi connectivity index (χ3n) is 2.87. The van der Waals surface area contributed by atoms with Crippen LogP contribution in [-0.2, 0) is 11.3 Å². The van der Waals surface area contributed by atoms with Gasteiger partial charge in [0.05, 0.1) is 12.3 Å². The Labute approximate surface area is 131 Å². The van der Waals surface area contributed by atoms with Gasteiger partial charge in [0.15, 0.2) is 5.82 Å². The van der Waals surface area contributed by atoms with Crippen molar-refractivity contribution in [1.29, 1.82) is 0 Å². The summed E-state index contributed by atoms with van der Waals surface area (Å²) in [6.45, 7) is 3.97. The highest BCUT2D eigenvalue weighted by Gasteiger charge is 2.09. The average Bonchev–Trinajstić information content (AvgIpc) is 2.43. The molecule has 0 bridgehead atoms. The Morgan fingerprint density at radius 1 is 1.29 bits per heavy atom.